The van der Waals surface area contributed by atoms with Gasteiger partial charge < -0.3 is 19.9 Å². The van der Waals surface area contributed by atoms with Crippen LogP contribution in [-0.4, -0.2) is 36.4 Å². The number of fused-ring (bicyclic) bond motifs is 2. The number of furan rings is 2. The average Bonchev–Trinajstić information content (AvgIpc) is 3.71. The van der Waals surface area contributed by atoms with Crippen molar-refractivity contribution in [1.29, 1.82) is 0 Å². The van der Waals surface area contributed by atoms with Crippen LogP contribution in [0.2, 0.25) is 0 Å². The predicted molar refractivity (Wildman–Crippen MR) is 216 cm³/mol. The number of hydrogen-bond acceptors (Lipinski definition) is 9. The first kappa shape index (κ1) is 41.0. The van der Waals surface area contributed by atoms with Gasteiger partial charge in [0.25, 0.3) is 11.1 Å². The van der Waals surface area contributed by atoms with E-state index in [4.69, 9.17) is 49.4 Å². The number of nitrogens with zero attached hydrogens (tertiary/aromatic N) is 4. The molecule has 0 radical (unpaired) electrons. The van der Waals surface area contributed by atoms with Gasteiger partial charge >= 0.3 is 0 Å². The lowest BCUT2D eigenvalue weighted by Crippen LogP contribution is -2.14. The Labute approximate surface area is 334 Å². The van der Waals surface area contributed by atoms with E-state index in [1.54, 1.807) is 30.7 Å². The molecule has 4 aromatic carbocycles. The molecule has 0 aliphatic carbocycles. The molecule has 4 aromatic heterocycles. The second kappa shape index (κ2) is 19.4. The maximum absolute atomic E-state index is 13.7. The molecular weight excluding hydrogens is 785 g/mol. The van der Waals surface area contributed by atoms with E-state index < -0.39 is 22.8 Å². The molecule has 10 nitrogen and oxygen atoms in total. The third-order valence-electron chi connectivity index (χ3n) is 7.82. The van der Waals surface area contributed by atoms with Gasteiger partial charge in [-0.25, -0.2) is 18.7 Å². The van der Waals surface area contributed by atoms with E-state index in [1.165, 1.54) is 42.6 Å². The summed E-state index contributed by atoms with van der Waals surface area (Å²) < 4.78 is 37.6. The van der Waals surface area contributed by atoms with Crippen molar-refractivity contribution in [3.8, 4) is 22.5 Å². The summed E-state index contributed by atoms with van der Waals surface area (Å²) >= 11 is 14.6. The van der Waals surface area contributed by atoms with Gasteiger partial charge in [0.15, 0.2) is 5.82 Å². The Hall–Kier alpha value is -6.21. The Morgan fingerprint density at radius 2 is 1.09 bits per heavy atom. The Balaban J connectivity index is 0.000000171. The molecule has 8 aromatic rings. The highest BCUT2D eigenvalue weighted by Gasteiger charge is 2.16. The van der Waals surface area contributed by atoms with E-state index in [-0.39, 0.29) is 22.3 Å². The number of benzene rings is 4. The van der Waals surface area contributed by atoms with Gasteiger partial charge in [0.05, 0.1) is 63.8 Å². The van der Waals surface area contributed by atoms with Gasteiger partial charge in [-0.3, -0.25) is 19.6 Å². The molecule has 0 saturated heterocycles. The van der Waals surface area contributed by atoms with Crippen LogP contribution in [-0.2, 0) is 0 Å². The first-order valence-corrected chi connectivity index (χ1v) is 18.0. The van der Waals surface area contributed by atoms with E-state index in [0.717, 1.165) is 50.3 Å². The number of anilines is 2. The third kappa shape index (κ3) is 10.1. The molecule has 1 amide bonds. The largest absolute Gasteiger partial charge is 0.461 e. The van der Waals surface area contributed by atoms with Gasteiger partial charge in [0.2, 0.25) is 0 Å². The molecular formula is C41H31Cl3F2N6O4. The first-order valence-electron chi connectivity index (χ1n) is 16.5. The second-order valence-electron chi connectivity index (χ2n) is 11.5. The zero-order chi connectivity index (χ0) is 40.2. The average molecular weight is 816 g/mol. The smallest absolute Gasteiger partial charge is 0.259 e. The fraction of sp³-hybridized carbons (Fsp3) is 0.0732. The Bertz CT molecular complexity index is 2580. The van der Waals surface area contributed by atoms with E-state index in [1.807, 2.05) is 62.4 Å². The molecule has 3 N–H and O–H groups in total. The predicted octanol–water partition coefficient (Wildman–Crippen LogP) is 11.0. The maximum Gasteiger partial charge on any atom is 0.259 e. The highest BCUT2D eigenvalue weighted by Crippen LogP contribution is 2.34. The number of carbonyl (C=O) groups excluding carboxylic acids is 2. The number of alkyl halides is 2. The number of nitrogens with two attached hydrogens (primary N) is 1. The number of aryl methyl sites for hydroxylation is 2. The molecule has 8 rings (SSSR count). The van der Waals surface area contributed by atoms with Crippen molar-refractivity contribution in [2.45, 2.75) is 13.8 Å². The molecule has 0 atom stereocenters. The van der Waals surface area contributed by atoms with Gasteiger partial charge in [-0.05, 0) is 61.8 Å². The van der Waals surface area contributed by atoms with Crippen LogP contribution < -0.4 is 11.1 Å². The van der Waals surface area contributed by atoms with Crippen molar-refractivity contribution in [1.82, 2.24) is 19.9 Å². The van der Waals surface area contributed by atoms with Gasteiger partial charge in [0.1, 0.15) is 40.1 Å². The minimum atomic E-state index is -0.766. The van der Waals surface area contributed by atoms with Crippen molar-refractivity contribution < 1.29 is 27.2 Å². The second-order valence-corrected chi connectivity index (χ2v) is 12.6. The van der Waals surface area contributed by atoms with E-state index in [2.05, 4.69) is 25.3 Å². The summed E-state index contributed by atoms with van der Waals surface area (Å²) in [7, 11) is 0. The first-order chi connectivity index (χ1) is 27.0. The van der Waals surface area contributed by atoms with Crippen LogP contribution in [0.3, 0.4) is 0 Å². The van der Waals surface area contributed by atoms with Gasteiger partial charge in [-0.2, -0.15) is 0 Å². The lowest BCUT2D eigenvalue weighted by molar-refractivity contribution is 0.102. The van der Waals surface area contributed by atoms with Crippen molar-refractivity contribution >= 4 is 79.5 Å². The molecule has 0 saturated carbocycles. The van der Waals surface area contributed by atoms with Crippen LogP contribution in [0, 0.1) is 25.5 Å². The monoisotopic (exact) mass is 814 g/mol. The summed E-state index contributed by atoms with van der Waals surface area (Å²) in [6.45, 7) is 3.79. The highest BCUT2D eigenvalue weighted by molar-refractivity contribution is 6.67. The number of rotatable bonds is 5. The molecule has 4 heterocycles. The molecule has 0 bridgehead atoms. The number of amides is 1. The number of halogens is 5. The summed E-state index contributed by atoms with van der Waals surface area (Å²) in [5, 5.41) is 3.97. The van der Waals surface area contributed by atoms with Crippen LogP contribution in [0.15, 0.2) is 131 Å². The Morgan fingerprint density at radius 1 is 0.643 bits per heavy atom. The van der Waals surface area contributed by atoms with Crippen LogP contribution in [0.25, 0.3) is 44.5 Å². The van der Waals surface area contributed by atoms with Crippen LogP contribution >= 0.6 is 34.8 Å². The number of nitrogens with one attached hydrogen (secondary N) is 1. The van der Waals surface area contributed by atoms with Crippen molar-refractivity contribution in [2.24, 2.45) is 0 Å². The third-order valence-corrected chi connectivity index (χ3v) is 8.03. The zero-order valence-electron chi connectivity index (χ0n) is 29.6. The molecule has 0 spiro atoms. The SMILES string of the molecule is Cc1oc2ccccc2c1-c1cnc(N)cn1.Cc1oc2ccccc2c1-c1cnc(NC(=O)c2ccccc2F)cn1.ClCCl.O=C(Cl)c1ccccc1F. The van der Waals surface area contributed by atoms with E-state index in [0.29, 0.717) is 11.5 Å². The summed E-state index contributed by atoms with van der Waals surface area (Å²) in [5.41, 5.74) is 10.3. The highest BCUT2D eigenvalue weighted by atomic mass is 35.5. The zero-order valence-corrected chi connectivity index (χ0v) is 31.9. The quantitative estimate of drug-likeness (QED) is 0.128. The standard InChI is InChI=1S/C20H14FN3O2.C13H11N3O.C7H4ClFO.CH2Cl2/c1-12-19(14-7-3-5-9-17(14)26-12)16-10-23-18(11-22-16)24-20(25)13-6-2-4-8-15(13)21;1-8-13(10-6-16-12(14)7-15-10)9-4-2-3-5-11(9)17-8;8-7(10)5-3-1-2-4-6(5)9;2-1-3/h2-11H,1H3,(H,23,24,25);2-7H,1H3,(H2,14,16);1-4H;1H2. The molecule has 284 valence electrons. The van der Waals surface area contributed by atoms with E-state index >= 15 is 0 Å². The summed E-state index contributed by atoms with van der Waals surface area (Å²) in [4.78, 5) is 39.5. The van der Waals surface area contributed by atoms with Crippen LogP contribution in [0.5, 0.6) is 0 Å². The van der Waals surface area contributed by atoms with Crippen molar-refractivity contribution in [3.63, 3.8) is 0 Å². The fourth-order valence-corrected chi connectivity index (χ4v) is 5.56. The molecule has 0 fully saturated rings. The number of para-hydroxylation sites is 2. The summed E-state index contributed by atoms with van der Waals surface area (Å²) in [5.74, 6) is 0.494. The van der Waals surface area contributed by atoms with Crippen LogP contribution in [0.1, 0.15) is 32.2 Å². The normalized spacial score (nSPS) is 10.3. The minimum absolute atomic E-state index is 0.0463. The van der Waals surface area contributed by atoms with Crippen LogP contribution in [0.4, 0.5) is 20.4 Å². The van der Waals surface area contributed by atoms with Gasteiger partial charge in [0, 0.05) is 10.8 Å². The van der Waals surface area contributed by atoms with Gasteiger partial charge in [-0.1, -0.05) is 60.7 Å². The number of hydrogen-bond donors (Lipinski definition) is 2. The number of aromatic nitrogens is 4. The lowest BCUT2D eigenvalue weighted by atomic mass is 10.1. The summed E-state index contributed by atoms with van der Waals surface area (Å²) in [6.07, 6.45) is 6.22. The topological polar surface area (TPSA) is 150 Å². The fourth-order valence-electron chi connectivity index (χ4n) is 5.41. The molecule has 0 unspecified atom stereocenters. The number of carbonyl (C=O) groups is 2. The molecule has 15 heteroatoms. The minimum Gasteiger partial charge on any atom is -0.461 e. The van der Waals surface area contributed by atoms with E-state index in [9.17, 15) is 18.4 Å². The van der Waals surface area contributed by atoms with Crippen molar-refractivity contribution in [2.75, 3.05) is 16.4 Å². The van der Waals surface area contributed by atoms with Crippen molar-refractivity contribution in [3.05, 3.63) is 156 Å². The Kier molecular flexibility index (Phi) is 14.2. The summed E-state index contributed by atoms with van der Waals surface area (Å²) in [6, 6.07) is 26.9. The van der Waals surface area contributed by atoms with Gasteiger partial charge in [-0.15, -0.1) is 23.2 Å². The maximum atomic E-state index is 13.7. The lowest BCUT2D eigenvalue weighted by Gasteiger charge is -2.06. The molecule has 56 heavy (non-hydrogen) atoms. The molecule has 0 aliphatic rings. The Morgan fingerprint density at radius 3 is 1.52 bits per heavy atom. The molecule has 0 aliphatic heterocycles. The number of nitrogen functional groups attached to an aromatic ring is 1.